The number of hydrogen-bond donors (Lipinski definition) is 1. The fourth-order valence-corrected chi connectivity index (χ4v) is 5.02. The van der Waals surface area contributed by atoms with E-state index in [9.17, 15) is 0 Å². The molecule has 2 fully saturated rings. The molecule has 26 heavy (non-hydrogen) atoms. The van der Waals surface area contributed by atoms with E-state index in [1.807, 2.05) is 0 Å². The maximum atomic E-state index is 6.62. The average Bonchev–Trinajstić information content (AvgIpc) is 3.03. The molecule has 0 unspecified atom stereocenters. The van der Waals surface area contributed by atoms with E-state index in [2.05, 4.69) is 69.4 Å². The zero-order valence-corrected chi connectivity index (χ0v) is 16.6. The van der Waals surface area contributed by atoms with Gasteiger partial charge in [0.2, 0.25) is 0 Å². The van der Waals surface area contributed by atoms with Crippen molar-refractivity contribution in [1.29, 1.82) is 0 Å². The van der Waals surface area contributed by atoms with E-state index in [0.717, 1.165) is 26.0 Å². The molecule has 0 aliphatic carbocycles. The third kappa shape index (κ3) is 3.10. The van der Waals surface area contributed by atoms with Crippen molar-refractivity contribution in [2.45, 2.75) is 64.5 Å². The Balaban J connectivity index is 1.65. The number of rotatable bonds is 2. The van der Waals surface area contributed by atoms with Crippen LogP contribution in [0.2, 0.25) is 0 Å². The van der Waals surface area contributed by atoms with Crippen molar-refractivity contribution in [3.8, 4) is 0 Å². The van der Waals surface area contributed by atoms with Gasteiger partial charge in [0, 0.05) is 5.92 Å². The Labute approximate surface area is 158 Å². The average molecular weight is 350 g/mol. The van der Waals surface area contributed by atoms with Gasteiger partial charge in [0.1, 0.15) is 0 Å². The first kappa shape index (κ1) is 17.8. The summed E-state index contributed by atoms with van der Waals surface area (Å²) >= 11 is 0. The molecular formula is C24H31NO. The molecule has 2 aliphatic rings. The first-order valence-electron chi connectivity index (χ1n) is 10.0. The molecule has 0 aromatic heterocycles. The molecule has 3 atom stereocenters. The minimum atomic E-state index is -0.0672. The summed E-state index contributed by atoms with van der Waals surface area (Å²) in [6, 6.07) is 14.0. The van der Waals surface area contributed by atoms with Gasteiger partial charge in [-0.25, -0.2) is 0 Å². The molecule has 2 aliphatic heterocycles. The van der Waals surface area contributed by atoms with Crippen LogP contribution in [0.4, 0.5) is 0 Å². The van der Waals surface area contributed by atoms with E-state index in [4.69, 9.17) is 4.74 Å². The Hall–Kier alpha value is -1.64. The predicted octanol–water partition coefficient (Wildman–Crippen LogP) is 5.29. The van der Waals surface area contributed by atoms with E-state index < -0.39 is 0 Å². The second-order valence-corrected chi connectivity index (χ2v) is 8.47. The molecule has 2 saturated heterocycles. The number of benzene rings is 2. The van der Waals surface area contributed by atoms with Crippen LogP contribution in [0, 0.1) is 27.7 Å². The van der Waals surface area contributed by atoms with Crippen LogP contribution in [-0.4, -0.2) is 18.8 Å². The van der Waals surface area contributed by atoms with Gasteiger partial charge in [-0.15, -0.1) is 0 Å². The Morgan fingerprint density at radius 3 is 2.54 bits per heavy atom. The van der Waals surface area contributed by atoms with Crippen LogP contribution < -0.4 is 5.32 Å². The summed E-state index contributed by atoms with van der Waals surface area (Å²) in [4.78, 5) is 0. The lowest BCUT2D eigenvalue weighted by molar-refractivity contribution is -0.0484. The monoisotopic (exact) mass is 349 g/mol. The third-order valence-corrected chi connectivity index (χ3v) is 6.52. The second kappa shape index (κ2) is 6.83. The molecule has 2 aromatic rings. The van der Waals surface area contributed by atoms with Gasteiger partial charge < -0.3 is 10.1 Å². The Morgan fingerprint density at radius 2 is 1.77 bits per heavy atom. The van der Waals surface area contributed by atoms with Gasteiger partial charge in [-0.05, 0) is 75.8 Å². The van der Waals surface area contributed by atoms with Crippen molar-refractivity contribution in [2.24, 2.45) is 0 Å². The molecule has 0 amide bonds. The fourth-order valence-electron chi connectivity index (χ4n) is 5.02. The molecule has 0 saturated carbocycles. The van der Waals surface area contributed by atoms with Crippen molar-refractivity contribution in [3.05, 3.63) is 69.8 Å². The molecule has 2 heteroatoms. The maximum absolute atomic E-state index is 6.62. The van der Waals surface area contributed by atoms with E-state index >= 15 is 0 Å². The van der Waals surface area contributed by atoms with Crippen LogP contribution >= 0.6 is 0 Å². The molecule has 0 bridgehead atoms. The normalized spacial score (nSPS) is 28.6. The van der Waals surface area contributed by atoms with Gasteiger partial charge in [0.05, 0.1) is 18.2 Å². The van der Waals surface area contributed by atoms with Gasteiger partial charge >= 0.3 is 0 Å². The third-order valence-electron chi connectivity index (χ3n) is 6.52. The first-order chi connectivity index (χ1) is 12.5. The number of ether oxygens (including phenoxy) is 1. The number of piperidine rings is 1. The van der Waals surface area contributed by atoms with Gasteiger partial charge in [0.25, 0.3) is 0 Å². The van der Waals surface area contributed by atoms with Crippen LogP contribution in [0.25, 0.3) is 0 Å². The Morgan fingerprint density at radius 1 is 1.00 bits per heavy atom. The highest BCUT2D eigenvalue weighted by Crippen LogP contribution is 2.48. The van der Waals surface area contributed by atoms with Crippen molar-refractivity contribution in [2.75, 3.05) is 13.2 Å². The lowest BCUT2D eigenvalue weighted by Gasteiger charge is -2.42. The zero-order chi connectivity index (χ0) is 18.3. The van der Waals surface area contributed by atoms with E-state index in [-0.39, 0.29) is 5.60 Å². The van der Waals surface area contributed by atoms with Crippen LogP contribution in [0.1, 0.15) is 64.6 Å². The summed E-state index contributed by atoms with van der Waals surface area (Å²) in [6.45, 7) is 10.8. The van der Waals surface area contributed by atoms with Crippen LogP contribution in [-0.2, 0) is 4.74 Å². The molecule has 2 nitrogen and oxygen atoms in total. The highest BCUT2D eigenvalue weighted by atomic mass is 16.5. The highest BCUT2D eigenvalue weighted by Gasteiger charge is 2.48. The lowest BCUT2D eigenvalue weighted by atomic mass is 9.76. The summed E-state index contributed by atoms with van der Waals surface area (Å²) in [7, 11) is 0. The largest absolute Gasteiger partial charge is 0.372 e. The molecule has 0 radical (unpaired) electrons. The molecule has 4 rings (SSSR count). The lowest BCUT2D eigenvalue weighted by Crippen LogP contribution is -2.48. The SMILES string of the molecule is Cc1ccc([C@@H]2NCCC[C@@]23C[C@H](c2cc(C)cc(C)c2C)CO3)cc1. The van der Waals surface area contributed by atoms with E-state index in [0.29, 0.717) is 12.0 Å². The first-order valence-corrected chi connectivity index (χ1v) is 10.0. The molecular weight excluding hydrogens is 318 g/mol. The van der Waals surface area contributed by atoms with Crippen molar-refractivity contribution >= 4 is 0 Å². The smallest absolute Gasteiger partial charge is 0.0883 e. The van der Waals surface area contributed by atoms with Crippen molar-refractivity contribution < 1.29 is 4.74 Å². The van der Waals surface area contributed by atoms with E-state index in [1.54, 1.807) is 0 Å². The van der Waals surface area contributed by atoms with Crippen LogP contribution in [0.3, 0.4) is 0 Å². The number of nitrogens with one attached hydrogen (secondary N) is 1. The fraction of sp³-hybridized carbons (Fsp3) is 0.500. The van der Waals surface area contributed by atoms with Gasteiger partial charge in [0.15, 0.2) is 0 Å². The molecule has 1 N–H and O–H groups in total. The Kier molecular flexibility index (Phi) is 4.66. The Bertz CT molecular complexity index is 795. The maximum Gasteiger partial charge on any atom is 0.0883 e. The molecule has 2 heterocycles. The summed E-state index contributed by atoms with van der Waals surface area (Å²) in [5, 5.41) is 3.77. The molecule has 138 valence electrons. The topological polar surface area (TPSA) is 21.3 Å². The standard InChI is InChI=1S/C24H31NO/c1-16-6-8-20(9-7-16)23-24(10-5-11-25-23)14-21(15-26-24)22-13-17(2)12-18(3)19(22)4/h6-9,12-13,21,23,25H,5,10-11,14-15H2,1-4H3/t21-,23-,24+/m0/s1. The van der Waals surface area contributed by atoms with Crippen LogP contribution in [0.15, 0.2) is 36.4 Å². The minimum absolute atomic E-state index is 0.0672. The summed E-state index contributed by atoms with van der Waals surface area (Å²) in [5.41, 5.74) is 8.31. The minimum Gasteiger partial charge on any atom is -0.372 e. The number of aryl methyl sites for hydroxylation is 3. The molecule has 2 aromatic carbocycles. The van der Waals surface area contributed by atoms with Crippen LogP contribution in [0.5, 0.6) is 0 Å². The zero-order valence-electron chi connectivity index (χ0n) is 16.6. The van der Waals surface area contributed by atoms with Gasteiger partial charge in [-0.1, -0.05) is 47.5 Å². The predicted molar refractivity (Wildman–Crippen MR) is 108 cm³/mol. The van der Waals surface area contributed by atoms with Crippen molar-refractivity contribution in [3.63, 3.8) is 0 Å². The van der Waals surface area contributed by atoms with Crippen molar-refractivity contribution in [1.82, 2.24) is 5.32 Å². The van der Waals surface area contributed by atoms with Gasteiger partial charge in [-0.2, -0.15) is 0 Å². The second-order valence-electron chi connectivity index (χ2n) is 8.47. The quantitative estimate of drug-likeness (QED) is 0.795. The highest BCUT2D eigenvalue weighted by molar-refractivity contribution is 5.40. The van der Waals surface area contributed by atoms with Gasteiger partial charge in [-0.3, -0.25) is 0 Å². The summed E-state index contributed by atoms with van der Waals surface area (Å²) < 4.78 is 6.62. The number of hydrogen-bond acceptors (Lipinski definition) is 2. The summed E-state index contributed by atoms with van der Waals surface area (Å²) in [6.07, 6.45) is 3.46. The molecule has 1 spiro atoms. The van der Waals surface area contributed by atoms with E-state index in [1.165, 1.54) is 39.8 Å². The summed E-state index contributed by atoms with van der Waals surface area (Å²) in [5.74, 6) is 0.501.